The van der Waals surface area contributed by atoms with Gasteiger partial charge in [0.2, 0.25) is 10.0 Å². The zero-order chi connectivity index (χ0) is 19.7. The number of amides is 1. The molecule has 9 nitrogen and oxygen atoms in total. The second-order valence-electron chi connectivity index (χ2n) is 6.77. The summed E-state index contributed by atoms with van der Waals surface area (Å²) < 4.78 is 32.3. The molecule has 0 saturated carbocycles. The summed E-state index contributed by atoms with van der Waals surface area (Å²) in [4.78, 5) is 23.7. The average Bonchev–Trinajstić information content (AvgIpc) is 2.52. The number of non-ortho nitro benzene ring substituents is 1. The first-order chi connectivity index (χ1) is 11.9. The van der Waals surface area contributed by atoms with Crippen LogP contribution in [0.25, 0.3) is 0 Å². The monoisotopic (exact) mass is 449 g/mol. The summed E-state index contributed by atoms with van der Waals surface area (Å²) in [5.74, 6) is 0. The number of hydrogen-bond donors (Lipinski definition) is 0. The van der Waals surface area contributed by atoms with E-state index >= 15 is 0 Å². The number of nitro groups is 1. The number of nitrogens with zero attached hydrogens (tertiary/aromatic N) is 3. The number of rotatable bonds is 3. The van der Waals surface area contributed by atoms with E-state index in [4.69, 9.17) is 4.74 Å². The molecule has 1 amide bonds. The van der Waals surface area contributed by atoms with Gasteiger partial charge < -0.3 is 9.64 Å². The summed E-state index contributed by atoms with van der Waals surface area (Å²) in [5, 5.41) is 11.0. The van der Waals surface area contributed by atoms with Gasteiger partial charge >= 0.3 is 6.09 Å². The van der Waals surface area contributed by atoms with Crippen LogP contribution < -0.4 is 0 Å². The van der Waals surface area contributed by atoms with Crippen molar-refractivity contribution in [1.29, 1.82) is 0 Å². The van der Waals surface area contributed by atoms with E-state index in [1.54, 1.807) is 20.8 Å². The first-order valence-electron chi connectivity index (χ1n) is 7.83. The average molecular weight is 450 g/mol. The Balaban J connectivity index is 2.13. The van der Waals surface area contributed by atoms with E-state index in [9.17, 15) is 23.3 Å². The van der Waals surface area contributed by atoms with Crippen molar-refractivity contribution in [1.82, 2.24) is 9.21 Å². The molecule has 0 atom stereocenters. The number of carbonyl (C=O) groups is 1. The highest BCUT2D eigenvalue weighted by Gasteiger charge is 2.32. The highest BCUT2D eigenvalue weighted by atomic mass is 79.9. The molecule has 0 radical (unpaired) electrons. The molecule has 1 saturated heterocycles. The molecule has 2 rings (SSSR count). The number of carbonyl (C=O) groups excluding carboxylic acids is 1. The van der Waals surface area contributed by atoms with Crippen molar-refractivity contribution >= 4 is 37.7 Å². The predicted octanol–water partition coefficient (Wildman–Crippen LogP) is 2.60. The standard InChI is InChI=1S/C15H20BrN3O6S/c1-15(2,3)25-14(20)17-4-6-18(7-5-17)26(23,24)13-9-11(16)8-12(10-13)19(21)22/h8-10H,4-7H2,1-3H3. The molecule has 0 aromatic heterocycles. The van der Waals surface area contributed by atoms with Crippen molar-refractivity contribution in [3.63, 3.8) is 0 Å². The summed E-state index contributed by atoms with van der Waals surface area (Å²) in [6.07, 6.45) is -0.493. The molecule has 1 aliphatic heterocycles. The Kier molecular flexibility index (Phi) is 5.93. The molecule has 0 aliphatic carbocycles. The summed E-state index contributed by atoms with van der Waals surface area (Å²) in [6, 6.07) is 3.59. The number of benzene rings is 1. The Hall–Kier alpha value is -1.72. The van der Waals surface area contributed by atoms with Crippen molar-refractivity contribution in [3.05, 3.63) is 32.8 Å². The molecule has 0 spiro atoms. The Bertz CT molecular complexity index is 813. The Morgan fingerprint density at radius 2 is 1.77 bits per heavy atom. The summed E-state index contributed by atoms with van der Waals surface area (Å²) in [7, 11) is -3.90. The number of halogens is 1. The van der Waals surface area contributed by atoms with Crippen LogP contribution in [0.3, 0.4) is 0 Å². The minimum absolute atomic E-state index is 0.0852. The first kappa shape index (κ1) is 20.6. The van der Waals surface area contributed by atoms with Gasteiger partial charge in [0, 0.05) is 42.8 Å². The zero-order valence-corrected chi connectivity index (χ0v) is 17.0. The summed E-state index contributed by atoms with van der Waals surface area (Å²) in [5.41, 5.74) is -0.944. The molecule has 144 valence electrons. The maximum atomic E-state index is 12.8. The van der Waals surface area contributed by atoms with Crippen LogP contribution in [0.2, 0.25) is 0 Å². The molecule has 0 N–H and O–H groups in total. The Morgan fingerprint density at radius 1 is 1.19 bits per heavy atom. The molecule has 0 bridgehead atoms. The van der Waals surface area contributed by atoms with E-state index in [1.807, 2.05) is 0 Å². The molecular formula is C15H20BrN3O6S. The number of hydrogen-bond acceptors (Lipinski definition) is 6. The molecule has 1 aliphatic rings. The van der Waals surface area contributed by atoms with Crippen molar-refractivity contribution in [2.75, 3.05) is 26.2 Å². The SMILES string of the molecule is CC(C)(C)OC(=O)N1CCN(S(=O)(=O)c2cc(Br)cc([N+](=O)[O-])c2)CC1. The molecule has 1 fully saturated rings. The third-order valence-corrected chi connectivity index (χ3v) is 5.93. The molecular weight excluding hydrogens is 430 g/mol. The second-order valence-corrected chi connectivity index (χ2v) is 9.63. The van der Waals surface area contributed by atoms with Gasteiger partial charge in [-0.2, -0.15) is 4.31 Å². The fraction of sp³-hybridized carbons (Fsp3) is 0.533. The Morgan fingerprint density at radius 3 is 2.27 bits per heavy atom. The van der Waals surface area contributed by atoms with Crippen LogP contribution in [0.15, 0.2) is 27.6 Å². The molecule has 1 aromatic rings. The van der Waals surface area contributed by atoms with E-state index in [0.717, 1.165) is 6.07 Å². The van der Waals surface area contributed by atoms with Crippen LogP contribution in [-0.2, 0) is 14.8 Å². The highest BCUT2D eigenvalue weighted by molar-refractivity contribution is 9.10. The van der Waals surface area contributed by atoms with Crippen molar-refractivity contribution in [2.24, 2.45) is 0 Å². The van der Waals surface area contributed by atoms with Gasteiger partial charge in [0.25, 0.3) is 5.69 Å². The van der Waals surface area contributed by atoms with Gasteiger partial charge in [0.15, 0.2) is 0 Å². The van der Waals surface area contributed by atoms with Crippen molar-refractivity contribution < 1.29 is 22.9 Å². The second kappa shape index (κ2) is 7.49. The normalized spacial score (nSPS) is 16.4. The van der Waals surface area contributed by atoms with Crippen LogP contribution in [0, 0.1) is 10.1 Å². The molecule has 1 aromatic carbocycles. The topological polar surface area (TPSA) is 110 Å². The lowest BCUT2D eigenvalue weighted by Gasteiger charge is -2.34. The van der Waals surface area contributed by atoms with E-state index in [-0.39, 0.29) is 36.8 Å². The van der Waals surface area contributed by atoms with Crippen LogP contribution in [0.4, 0.5) is 10.5 Å². The summed E-state index contributed by atoms with van der Waals surface area (Å²) >= 11 is 3.10. The van der Waals surface area contributed by atoms with Crippen molar-refractivity contribution in [3.8, 4) is 0 Å². The maximum Gasteiger partial charge on any atom is 0.410 e. The van der Waals surface area contributed by atoms with Gasteiger partial charge in [0.05, 0.1) is 9.82 Å². The fourth-order valence-electron chi connectivity index (χ4n) is 2.39. The number of piperazine rings is 1. The number of nitro benzene ring substituents is 1. The largest absolute Gasteiger partial charge is 0.444 e. The van der Waals surface area contributed by atoms with Gasteiger partial charge in [-0.1, -0.05) is 15.9 Å². The van der Waals surface area contributed by atoms with E-state index < -0.39 is 26.6 Å². The Labute approximate surface area is 160 Å². The van der Waals surface area contributed by atoms with Gasteiger partial charge in [-0.05, 0) is 26.8 Å². The molecule has 0 unspecified atom stereocenters. The van der Waals surface area contributed by atoms with Crippen molar-refractivity contribution in [2.45, 2.75) is 31.3 Å². The number of sulfonamides is 1. The third-order valence-electron chi connectivity index (χ3n) is 3.59. The van der Waals surface area contributed by atoms with E-state index in [1.165, 1.54) is 21.3 Å². The lowest BCUT2D eigenvalue weighted by molar-refractivity contribution is -0.385. The lowest BCUT2D eigenvalue weighted by Crippen LogP contribution is -2.51. The van der Waals surface area contributed by atoms with Crippen LogP contribution in [0.1, 0.15) is 20.8 Å². The zero-order valence-electron chi connectivity index (χ0n) is 14.6. The minimum atomic E-state index is -3.90. The summed E-state index contributed by atoms with van der Waals surface area (Å²) in [6.45, 7) is 5.81. The van der Waals surface area contributed by atoms with Crippen LogP contribution in [0.5, 0.6) is 0 Å². The van der Waals surface area contributed by atoms with Crippen LogP contribution in [-0.4, -0.2) is 60.4 Å². The first-order valence-corrected chi connectivity index (χ1v) is 10.1. The van der Waals surface area contributed by atoms with Gasteiger partial charge in [0.1, 0.15) is 5.60 Å². The minimum Gasteiger partial charge on any atom is -0.444 e. The van der Waals surface area contributed by atoms with E-state index in [2.05, 4.69) is 15.9 Å². The van der Waals surface area contributed by atoms with Crippen LogP contribution >= 0.6 is 15.9 Å². The molecule has 11 heteroatoms. The maximum absolute atomic E-state index is 12.8. The lowest BCUT2D eigenvalue weighted by atomic mass is 10.2. The smallest absolute Gasteiger partial charge is 0.410 e. The quantitative estimate of drug-likeness (QED) is 0.517. The van der Waals surface area contributed by atoms with E-state index in [0.29, 0.717) is 4.47 Å². The third kappa shape index (κ3) is 4.92. The van der Waals surface area contributed by atoms with Gasteiger partial charge in [-0.15, -0.1) is 0 Å². The van der Waals surface area contributed by atoms with Gasteiger partial charge in [-0.3, -0.25) is 10.1 Å². The highest BCUT2D eigenvalue weighted by Crippen LogP contribution is 2.27. The van der Waals surface area contributed by atoms with Gasteiger partial charge in [-0.25, -0.2) is 13.2 Å². The molecule has 1 heterocycles. The molecule has 26 heavy (non-hydrogen) atoms. The number of ether oxygens (including phenoxy) is 1. The fourth-order valence-corrected chi connectivity index (χ4v) is 4.51. The predicted molar refractivity (Wildman–Crippen MR) is 97.4 cm³/mol.